The van der Waals surface area contributed by atoms with Gasteiger partial charge in [0, 0.05) is 35.4 Å². The van der Waals surface area contributed by atoms with E-state index in [9.17, 15) is 4.79 Å². The number of nitrogens with one attached hydrogen (secondary N) is 5. The second kappa shape index (κ2) is 11.4. The van der Waals surface area contributed by atoms with Crippen LogP contribution in [0.5, 0.6) is 0 Å². The van der Waals surface area contributed by atoms with Gasteiger partial charge < -0.3 is 32.5 Å². The van der Waals surface area contributed by atoms with E-state index in [1.165, 1.54) is 24.6 Å². The number of carbonyl (C=O) groups is 1. The quantitative estimate of drug-likeness (QED) is 0.184. The van der Waals surface area contributed by atoms with Gasteiger partial charge in [0.2, 0.25) is 5.91 Å². The van der Waals surface area contributed by atoms with Gasteiger partial charge in [-0.15, -0.1) is 0 Å². The number of anilines is 1. The van der Waals surface area contributed by atoms with Crippen LogP contribution in [0, 0.1) is 28.6 Å². The first-order valence-electron chi connectivity index (χ1n) is 12.7. The van der Waals surface area contributed by atoms with Crippen LogP contribution in [0.15, 0.2) is 53.0 Å². The van der Waals surface area contributed by atoms with Gasteiger partial charge in [0.25, 0.3) is 0 Å². The lowest BCUT2D eigenvalue weighted by Crippen LogP contribution is -2.50. The van der Waals surface area contributed by atoms with Crippen LogP contribution in [0.4, 0.5) is 5.69 Å². The predicted octanol–water partition coefficient (Wildman–Crippen LogP) is 4.50. The van der Waals surface area contributed by atoms with Crippen LogP contribution in [0.1, 0.15) is 45.1 Å². The normalized spacial score (nSPS) is 23.8. The topological polar surface area (TPSA) is 127 Å². The summed E-state index contributed by atoms with van der Waals surface area (Å²) in [6.45, 7) is 4.36. The monoisotopic (exact) mass is 506 g/mol. The largest absolute Gasteiger partial charge is 0.402 e. The third-order valence-corrected chi connectivity index (χ3v) is 7.91. The first-order valence-corrected chi connectivity index (χ1v) is 14.1. The molecule has 1 aromatic rings. The maximum atomic E-state index is 13.6. The second-order valence-electron chi connectivity index (χ2n) is 10.0. The molecule has 2 unspecified atom stereocenters. The molecular formula is C28H38N6OS. The van der Waals surface area contributed by atoms with Crippen molar-refractivity contribution >= 4 is 40.9 Å². The zero-order chi connectivity index (χ0) is 25.8. The van der Waals surface area contributed by atoms with Gasteiger partial charge in [-0.3, -0.25) is 4.79 Å². The molecule has 2 aliphatic carbocycles. The summed E-state index contributed by atoms with van der Waals surface area (Å²) in [6.07, 6.45) is 9.67. The number of fused-ring (bicyclic) bond motifs is 1. The van der Waals surface area contributed by atoms with Crippen molar-refractivity contribution in [1.82, 2.24) is 10.6 Å². The molecule has 4 rings (SSSR count). The average molecular weight is 507 g/mol. The van der Waals surface area contributed by atoms with Gasteiger partial charge in [0.05, 0.1) is 11.4 Å². The summed E-state index contributed by atoms with van der Waals surface area (Å²) < 4.78 is 0. The molecule has 8 heteroatoms. The molecule has 0 aromatic heterocycles. The number of carbonyl (C=O) groups excluding carboxylic acids is 1. The second-order valence-corrected chi connectivity index (χ2v) is 11.0. The van der Waals surface area contributed by atoms with E-state index in [1.807, 2.05) is 36.0 Å². The van der Waals surface area contributed by atoms with Gasteiger partial charge in [-0.25, -0.2) is 0 Å². The SMILES string of the molecule is CSCCCN/C(=C\C=N)C1=C2CC2C(C2CC2)[C@@H](C(=O)Nc2ccc(/C(C(C)=N)=C(\C)N)cc2)N1. The van der Waals surface area contributed by atoms with E-state index in [0.29, 0.717) is 29.2 Å². The molecule has 0 spiro atoms. The van der Waals surface area contributed by atoms with E-state index >= 15 is 0 Å². The Hall–Kier alpha value is -3.00. The fourth-order valence-electron chi connectivity index (χ4n) is 5.42. The number of hydrogen-bond acceptors (Lipinski definition) is 7. The van der Waals surface area contributed by atoms with E-state index in [1.54, 1.807) is 19.9 Å². The minimum Gasteiger partial charge on any atom is -0.402 e. The third kappa shape index (κ3) is 5.86. The summed E-state index contributed by atoms with van der Waals surface area (Å²) in [5.41, 5.74) is 12.7. The van der Waals surface area contributed by atoms with Gasteiger partial charge in [0.15, 0.2) is 0 Å². The fourth-order valence-corrected chi connectivity index (χ4v) is 5.85. The standard InChI is InChI=1S/C28H38N6OS/c1-16(30)24(17(2)31)18-7-9-20(10-8-18)33-28(35)27-25(19-5-6-19)21-15-22(21)26(34-27)23(11-12-29)32-13-4-14-36-3/h7-12,19,21,25,27,29-30,32,34H,4-6,13-15,31H2,1-3H3,(H,33,35)/b23-11-,24-17+,29-12?,30-16?/t21?,25?,27-/m0/s1. The molecule has 0 bridgehead atoms. The molecule has 36 heavy (non-hydrogen) atoms. The molecule has 192 valence electrons. The molecule has 2 fully saturated rings. The molecule has 7 nitrogen and oxygen atoms in total. The van der Waals surface area contributed by atoms with Gasteiger partial charge >= 0.3 is 0 Å². The van der Waals surface area contributed by atoms with Gasteiger partial charge in [-0.2, -0.15) is 11.8 Å². The van der Waals surface area contributed by atoms with Crippen LogP contribution in [-0.4, -0.2) is 42.4 Å². The highest BCUT2D eigenvalue weighted by atomic mass is 32.2. The Morgan fingerprint density at radius 3 is 2.56 bits per heavy atom. The van der Waals surface area contributed by atoms with Crippen LogP contribution in [0.25, 0.3) is 5.57 Å². The van der Waals surface area contributed by atoms with Crippen LogP contribution in [-0.2, 0) is 4.79 Å². The minimum absolute atomic E-state index is 0.0197. The number of hydrogen-bond donors (Lipinski definition) is 6. The third-order valence-electron chi connectivity index (χ3n) is 7.22. The van der Waals surface area contributed by atoms with Crippen LogP contribution in [0.2, 0.25) is 0 Å². The number of rotatable bonds is 12. The minimum atomic E-state index is -0.309. The van der Waals surface area contributed by atoms with Crippen molar-refractivity contribution in [3.05, 3.63) is 58.6 Å². The van der Waals surface area contributed by atoms with E-state index in [-0.39, 0.29) is 11.9 Å². The summed E-state index contributed by atoms with van der Waals surface area (Å²) in [6, 6.07) is 7.25. The first-order chi connectivity index (χ1) is 17.3. The maximum Gasteiger partial charge on any atom is 0.247 e. The number of amides is 1. The van der Waals surface area contributed by atoms with Crippen molar-refractivity contribution in [3.8, 4) is 0 Å². The molecule has 1 amide bonds. The Balaban J connectivity index is 1.51. The van der Waals surface area contributed by atoms with Gasteiger partial charge in [-0.05, 0) is 98.6 Å². The van der Waals surface area contributed by atoms with Gasteiger partial charge in [0.1, 0.15) is 6.04 Å². The lowest BCUT2D eigenvalue weighted by Gasteiger charge is -2.33. The molecule has 0 radical (unpaired) electrons. The number of benzene rings is 1. The summed E-state index contributed by atoms with van der Waals surface area (Å²) in [4.78, 5) is 13.6. The molecule has 7 N–H and O–H groups in total. The summed E-state index contributed by atoms with van der Waals surface area (Å²) in [5.74, 6) is 2.43. The van der Waals surface area contributed by atoms with Crippen LogP contribution >= 0.6 is 11.8 Å². The number of thioether (sulfide) groups is 1. The predicted molar refractivity (Wildman–Crippen MR) is 151 cm³/mol. The van der Waals surface area contributed by atoms with Crippen molar-refractivity contribution < 1.29 is 4.79 Å². The average Bonchev–Trinajstić information content (AvgIpc) is 3.75. The Morgan fingerprint density at radius 1 is 1.25 bits per heavy atom. The molecule has 3 atom stereocenters. The maximum absolute atomic E-state index is 13.6. The molecular weight excluding hydrogens is 468 g/mol. The number of nitrogens with two attached hydrogens (primary N) is 1. The first kappa shape index (κ1) is 26.1. The van der Waals surface area contributed by atoms with Gasteiger partial charge in [-0.1, -0.05) is 12.1 Å². The molecule has 2 saturated carbocycles. The van der Waals surface area contributed by atoms with E-state index in [0.717, 1.165) is 53.4 Å². The van der Waals surface area contributed by atoms with Crippen molar-refractivity contribution in [2.24, 2.45) is 23.5 Å². The van der Waals surface area contributed by atoms with Crippen molar-refractivity contribution in [1.29, 1.82) is 10.8 Å². The number of allylic oxidation sites excluding steroid dienone is 4. The van der Waals surface area contributed by atoms with Crippen LogP contribution in [0.3, 0.4) is 0 Å². The van der Waals surface area contributed by atoms with E-state index in [2.05, 4.69) is 22.2 Å². The van der Waals surface area contributed by atoms with E-state index < -0.39 is 0 Å². The van der Waals surface area contributed by atoms with Crippen molar-refractivity contribution in [2.45, 2.75) is 45.6 Å². The Bertz CT molecular complexity index is 1110. The van der Waals surface area contributed by atoms with Crippen molar-refractivity contribution in [3.63, 3.8) is 0 Å². The lowest BCUT2D eigenvalue weighted by atomic mass is 9.85. The smallest absolute Gasteiger partial charge is 0.247 e. The fraction of sp³-hybridized carbons (Fsp3) is 0.464. The van der Waals surface area contributed by atoms with Crippen molar-refractivity contribution in [2.75, 3.05) is 23.9 Å². The molecule has 1 aliphatic heterocycles. The van der Waals surface area contributed by atoms with Crippen LogP contribution < -0.4 is 21.7 Å². The lowest BCUT2D eigenvalue weighted by molar-refractivity contribution is -0.119. The van der Waals surface area contributed by atoms with E-state index in [4.69, 9.17) is 16.6 Å². The molecule has 3 aliphatic rings. The molecule has 1 aromatic carbocycles. The molecule has 1 heterocycles. The highest BCUT2D eigenvalue weighted by Crippen LogP contribution is 2.57. The summed E-state index contributed by atoms with van der Waals surface area (Å²) >= 11 is 1.83. The summed E-state index contributed by atoms with van der Waals surface area (Å²) in [5, 5.41) is 25.9. The Morgan fingerprint density at radius 2 is 1.97 bits per heavy atom. The summed E-state index contributed by atoms with van der Waals surface area (Å²) in [7, 11) is 0. The Labute approximate surface area is 218 Å². The zero-order valence-electron chi connectivity index (χ0n) is 21.4. The molecule has 0 saturated heterocycles. The Kier molecular flexibility index (Phi) is 8.24. The zero-order valence-corrected chi connectivity index (χ0v) is 22.2. The highest BCUT2D eigenvalue weighted by molar-refractivity contribution is 7.98. The highest BCUT2D eigenvalue weighted by Gasteiger charge is 2.54.